The Hall–Kier alpha value is -0.258. The third-order valence-corrected chi connectivity index (χ3v) is 0. The van der Waals surface area contributed by atoms with Crippen LogP contribution >= 0.6 is 0 Å². The summed E-state index contributed by atoms with van der Waals surface area (Å²) >= 11 is 0. The van der Waals surface area contributed by atoms with Crippen molar-refractivity contribution in [2.45, 2.75) is 13.8 Å². The Morgan fingerprint density at radius 2 is 1.00 bits per heavy atom. The van der Waals surface area contributed by atoms with Crippen molar-refractivity contribution in [2.24, 2.45) is 0 Å². The van der Waals surface area contributed by atoms with Crippen molar-refractivity contribution in [3.63, 3.8) is 0 Å². The molecule has 58 valence electrons. The summed E-state index contributed by atoms with van der Waals surface area (Å²) in [5, 5.41) is 15.7. The van der Waals surface area contributed by atoms with E-state index in [9.17, 15) is 0 Å². The van der Waals surface area contributed by atoms with Gasteiger partial charge in [0, 0.05) is 20.4 Å². The van der Waals surface area contributed by atoms with E-state index >= 15 is 0 Å². The molecule has 0 rings (SSSR count). The minimum Gasteiger partial charge on any atom is -0.513 e. The molecule has 0 saturated carbocycles. The molecule has 0 heterocycles. The third-order valence-electron chi connectivity index (χ3n) is 0. The second-order valence-electron chi connectivity index (χ2n) is 1.47. The van der Waals surface area contributed by atoms with Crippen LogP contribution in [0.3, 0.4) is 0 Å². The summed E-state index contributed by atoms with van der Waals surface area (Å²) < 4.78 is 0. The molecule has 0 fully saturated rings. The molecule has 0 spiro atoms. The first-order chi connectivity index (χ1) is 3.46. The van der Waals surface area contributed by atoms with Gasteiger partial charge in [-0.1, -0.05) is 13.2 Å². The van der Waals surface area contributed by atoms with Gasteiger partial charge in [0.05, 0.1) is 11.5 Å². The fourth-order valence-electron chi connectivity index (χ4n) is 0. The zero-order valence-corrected chi connectivity index (χ0v) is 7.18. The Labute approximate surface area is 69.6 Å². The van der Waals surface area contributed by atoms with E-state index in [4.69, 9.17) is 10.2 Å². The van der Waals surface area contributed by atoms with Gasteiger partial charge in [0.1, 0.15) is 0 Å². The Balaban J connectivity index is -0.0000000720. The van der Waals surface area contributed by atoms with Crippen LogP contribution in [0, 0.1) is 0 Å². The first kappa shape index (κ1) is 15.9. The van der Waals surface area contributed by atoms with Gasteiger partial charge in [-0.15, -0.1) is 0 Å². The van der Waals surface area contributed by atoms with Crippen molar-refractivity contribution in [1.82, 2.24) is 0 Å². The van der Waals surface area contributed by atoms with Crippen LogP contribution in [0.1, 0.15) is 13.8 Å². The van der Waals surface area contributed by atoms with Crippen molar-refractivity contribution in [3.8, 4) is 0 Å². The summed E-state index contributed by atoms with van der Waals surface area (Å²) in [5.41, 5.74) is 0. The van der Waals surface area contributed by atoms with Gasteiger partial charge in [0.25, 0.3) is 0 Å². The first-order valence-corrected chi connectivity index (χ1v) is 2.15. The van der Waals surface area contributed by atoms with Crippen LogP contribution in [0.25, 0.3) is 0 Å². The van der Waals surface area contributed by atoms with Gasteiger partial charge in [-0.25, -0.2) is 0 Å². The Bertz CT molecular complexity index is 69.1. The van der Waals surface area contributed by atoms with Crippen LogP contribution in [-0.4, -0.2) is 10.2 Å². The summed E-state index contributed by atoms with van der Waals surface area (Å²) in [5.74, 6) is 0.333. The van der Waals surface area contributed by atoms with Crippen LogP contribution in [0.5, 0.6) is 0 Å². The Morgan fingerprint density at radius 1 is 1.00 bits per heavy atom. The van der Waals surface area contributed by atoms with Gasteiger partial charge < -0.3 is 10.2 Å². The number of aliphatic hydroxyl groups excluding tert-OH is 2. The number of allylic oxidation sites excluding steroid dienone is 2. The van der Waals surface area contributed by atoms with Crippen molar-refractivity contribution in [1.29, 1.82) is 0 Å². The second kappa shape index (κ2) is 10.7. The minimum atomic E-state index is 0. The van der Waals surface area contributed by atoms with Gasteiger partial charge in [0.2, 0.25) is 0 Å². The molecule has 0 aromatic heterocycles. The van der Waals surface area contributed by atoms with Crippen LogP contribution in [-0.2, 0) is 20.4 Å². The van der Waals surface area contributed by atoms with Crippen LogP contribution < -0.4 is 0 Å². The number of hydrogen-bond donors (Lipinski definition) is 2. The van der Waals surface area contributed by atoms with E-state index < -0.39 is 0 Å². The molecule has 0 saturated heterocycles. The van der Waals surface area contributed by atoms with E-state index in [0.717, 1.165) is 0 Å². The van der Waals surface area contributed by atoms with Gasteiger partial charge in [-0.3, -0.25) is 0 Å². The van der Waals surface area contributed by atoms with Gasteiger partial charge in [0.15, 0.2) is 0 Å². The summed E-state index contributed by atoms with van der Waals surface area (Å²) in [4.78, 5) is 0. The predicted molar refractivity (Wildman–Crippen MR) is 34.9 cm³/mol. The Kier molecular flexibility index (Phi) is 18.8. The molecule has 0 atom stereocenters. The first-order valence-electron chi connectivity index (χ1n) is 2.15. The minimum absolute atomic E-state index is 0. The number of rotatable bonds is 0. The molecule has 0 amide bonds. The fraction of sp³-hybridized carbons (Fsp3) is 0.333. The summed E-state index contributed by atoms with van der Waals surface area (Å²) in [7, 11) is 0. The molecule has 2 nitrogen and oxygen atoms in total. The van der Waals surface area contributed by atoms with E-state index in [1.165, 1.54) is 13.8 Å². The summed E-state index contributed by atoms with van der Waals surface area (Å²) in [6.45, 7) is 9.28. The maximum atomic E-state index is 7.86. The molecule has 0 aromatic rings. The van der Waals surface area contributed by atoms with E-state index in [1.54, 1.807) is 0 Å². The number of aliphatic hydroxyl groups is 2. The average Bonchev–Trinajstić information content (AvgIpc) is 1.25. The SMILES string of the molecule is C=C(C)O.C=C(C)O.[Pd]. The van der Waals surface area contributed by atoms with Crippen molar-refractivity contribution in [3.05, 3.63) is 24.7 Å². The maximum Gasteiger partial charge on any atom is 0.0820 e. The van der Waals surface area contributed by atoms with Gasteiger partial charge in [-0.2, -0.15) is 0 Å². The summed E-state index contributed by atoms with van der Waals surface area (Å²) in [6, 6.07) is 0. The maximum absolute atomic E-state index is 7.86. The van der Waals surface area contributed by atoms with Crippen molar-refractivity contribution < 1.29 is 30.6 Å². The quantitative estimate of drug-likeness (QED) is 0.487. The molecule has 3 heteroatoms. The molecule has 0 aliphatic heterocycles. The molecular formula is C6H12O2Pd. The van der Waals surface area contributed by atoms with E-state index in [0.29, 0.717) is 0 Å². The second-order valence-corrected chi connectivity index (χ2v) is 1.47. The molecule has 0 unspecified atom stereocenters. The molecule has 0 aromatic carbocycles. The van der Waals surface area contributed by atoms with Crippen LogP contribution in [0.2, 0.25) is 0 Å². The molecule has 0 aliphatic carbocycles. The smallest absolute Gasteiger partial charge is 0.0820 e. The fourth-order valence-corrected chi connectivity index (χ4v) is 0. The largest absolute Gasteiger partial charge is 0.513 e. The van der Waals surface area contributed by atoms with Gasteiger partial charge >= 0.3 is 0 Å². The standard InChI is InChI=1S/2C3H6O.Pd/c2*1-3(2)4;/h2*4H,1H2,2H3;. The Morgan fingerprint density at radius 3 is 1.00 bits per heavy atom. The monoisotopic (exact) mass is 222 g/mol. The molecular weight excluding hydrogens is 210 g/mol. The van der Waals surface area contributed by atoms with E-state index in [2.05, 4.69) is 13.2 Å². The average molecular weight is 223 g/mol. The van der Waals surface area contributed by atoms with Crippen molar-refractivity contribution >= 4 is 0 Å². The topological polar surface area (TPSA) is 40.5 Å². The zero-order chi connectivity index (χ0) is 7.15. The third kappa shape index (κ3) is 3850. The van der Waals surface area contributed by atoms with Crippen molar-refractivity contribution in [2.75, 3.05) is 0 Å². The molecule has 9 heavy (non-hydrogen) atoms. The van der Waals surface area contributed by atoms with E-state index in [1.807, 2.05) is 0 Å². The summed E-state index contributed by atoms with van der Waals surface area (Å²) in [6.07, 6.45) is 0. The zero-order valence-electron chi connectivity index (χ0n) is 5.62. The molecule has 2 N–H and O–H groups in total. The molecule has 0 aliphatic rings. The normalized spacial score (nSPS) is 5.56. The van der Waals surface area contributed by atoms with E-state index in [-0.39, 0.29) is 31.9 Å². The van der Waals surface area contributed by atoms with Crippen LogP contribution in [0.15, 0.2) is 24.7 Å². The molecule has 0 bridgehead atoms. The number of hydrogen-bond acceptors (Lipinski definition) is 2. The molecule has 0 radical (unpaired) electrons. The van der Waals surface area contributed by atoms with Gasteiger partial charge in [-0.05, 0) is 13.8 Å². The predicted octanol–water partition coefficient (Wildman–Crippen LogP) is 2.15. The van der Waals surface area contributed by atoms with Crippen LogP contribution in [0.4, 0.5) is 0 Å².